The third-order valence-corrected chi connectivity index (χ3v) is 5.97. The van der Waals surface area contributed by atoms with Gasteiger partial charge in [0.1, 0.15) is 11.8 Å². The van der Waals surface area contributed by atoms with Gasteiger partial charge in [0.2, 0.25) is 5.95 Å². The zero-order valence-corrected chi connectivity index (χ0v) is 19.6. The van der Waals surface area contributed by atoms with Crippen LogP contribution in [0.2, 0.25) is 0 Å². The Morgan fingerprint density at radius 2 is 1.74 bits per heavy atom. The van der Waals surface area contributed by atoms with Gasteiger partial charge in [-0.15, -0.1) is 0 Å². The lowest BCUT2D eigenvalue weighted by atomic mass is 9.95. The molecule has 0 saturated carbocycles. The second kappa shape index (κ2) is 9.80. The molecule has 3 aromatic carbocycles. The standard InChI is InChI=1S/C27H26N6O2/c1-18-8-12-22(13-9-18)29-26(34)24-19(2)28-27-30-31-32-33(27)25(24)21-10-14-23(15-11-21)35-17-16-20-6-4-3-5-7-20/h3-15,25H,16-17H2,1-2H3,(H,29,34)(H,28,30,32). The van der Waals surface area contributed by atoms with Crippen molar-refractivity contribution in [3.63, 3.8) is 0 Å². The zero-order valence-electron chi connectivity index (χ0n) is 19.6. The number of allylic oxidation sites excluding steroid dienone is 1. The predicted molar refractivity (Wildman–Crippen MR) is 134 cm³/mol. The number of carbonyl (C=O) groups is 1. The molecule has 1 atom stereocenters. The summed E-state index contributed by atoms with van der Waals surface area (Å²) in [7, 11) is 0. The van der Waals surface area contributed by atoms with Crippen LogP contribution in [0.3, 0.4) is 0 Å². The van der Waals surface area contributed by atoms with E-state index in [4.69, 9.17) is 4.74 Å². The van der Waals surface area contributed by atoms with Crippen molar-refractivity contribution in [1.29, 1.82) is 0 Å². The molecule has 5 rings (SSSR count). The number of tetrazole rings is 1. The Balaban J connectivity index is 1.36. The third kappa shape index (κ3) is 4.91. The minimum absolute atomic E-state index is 0.215. The van der Waals surface area contributed by atoms with Crippen LogP contribution in [-0.2, 0) is 11.2 Å². The molecule has 1 amide bonds. The smallest absolute Gasteiger partial charge is 0.255 e. The van der Waals surface area contributed by atoms with Crippen molar-refractivity contribution in [3.05, 3.63) is 107 Å². The van der Waals surface area contributed by atoms with Gasteiger partial charge < -0.3 is 15.4 Å². The number of anilines is 2. The van der Waals surface area contributed by atoms with E-state index in [-0.39, 0.29) is 5.91 Å². The fourth-order valence-corrected chi connectivity index (χ4v) is 4.13. The number of nitrogens with zero attached hydrogens (tertiary/aromatic N) is 4. The highest BCUT2D eigenvalue weighted by atomic mass is 16.5. The van der Waals surface area contributed by atoms with E-state index in [0.717, 1.165) is 29.0 Å². The molecule has 2 heterocycles. The number of hydrogen-bond donors (Lipinski definition) is 2. The Morgan fingerprint density at radius 3 is 2.49 bits per heavy atom. The van der Waals surface area contributed by atoms with Gasteiger partial charge in [-0.1, -0.05) is 65.3 Å². The van der Waals surface area contributed by atoms with E-state index in [9.17, 15) is 4.79 Å². The fraction of sp³-hybridized carbons (Fsp3) is 0.185. The highest BCUT2D eigenvalue weighted by Gasteiger charge is 2.34. The van der Waals surface area contributed by atoms with Gasteiger partial charge in [0.05, 0.1) is 12.2 Å². The molecule has 176 valence electrons. The Bertz CT molecular complexity index is 1340. The second-order valence-electron chi connectivity index (χ2n) is 8.49. The van der Waals surface area contributed by atoms with Crippen LogP contribution in [0.25, 0.3) is 0 Å². The lowest BCUT2D eigenvalue weighted by Gasteiger charge is -2.28. The summed E-state index contributed by atoms with van der Waals surface area (Å²) in [4.78, 5) is 13.4. The van der Waals surface area contributed by atoms with Gasteiger partial charge in [0.25, 0.3) is 5.91 Å². The van der Waals surface area contributed by atoms with E-state index in [1.54, 1.807) is 4.68 Å². The van der Waals surface area contributed by atoms with Gasteiger partial charge in [0.15, 0.2) is 0 Å². The van der Waals surface area contributed by atoms with Crippen LogP contribution < -0.4 is 15.4 Å². The van der Waals surface area contributed by atoms with Crippen molar-refractivity contribution >= 4 is 17.5 Å². The number of fused-ring (bicyclic) bond motifs is 1. The number of hydrogen-bond acceptors (Lipinski definition) is 6. The van der Waals surface area contributed by atoms with Gasteiger partial charge >= 0.3 is 0 Å². The molecule has 0 spiro atoms. The summed E-state index contributed by atoms with van der Waals surface area (Å²) in [6.45, 7) is 4.45. The molecule has 35 heavy (non-hydrogen) atoms. The number of aromatic nitrogens is 4. The summed E-state index contributed by atoms with van der Waals surface area (Å²) in [6, 6.07) is 25.2. The van der Waals surface area contributed by atoms with Crippen molar-refractivity contribution in [2.75, 3.05) is 17.2 Å². The van der Waals surface area contributed by atoms with Crippen LogP contribution in [0, 0.1) is 6.92 Å². The molecular weight excluding hydrogens is 440 g/mol. The van der Waals surface area contributed by atoms with Gasteiger partial charge in [-0.3, -0.25) is 4.79 Å². The first-order valence-corrected chi connectivity index (χ1v) is 11.5. The predicted octanol–water partition coefficient (Wildman–Crippen LogP) is 4.53. The van der Waals surface area contributed by atoms with Crippen molar-refractivity contribution < 1.29 is 9.53 Å². The van der Waals surface area contributed by atoms with Crippen LogP contribution in [0.4, 0.5) is 11.6 Å². The number of ether oxygens (including phenoxy) is 1. The number of nitrogens with one attached hydrogen (secondary N) is 2. The van der Waals surface area contributed by atoms with Crippen molar-refractivity contribution in [2.45, 2.75) is 26.3 Å². The first-order valence-electron chi connectivity index (χ1n) is 11.5. The van der Waals surface area contributed by atoms with Gasteiger partial charge in [-0.25, -0.2) is 0 Å². The van der Waals surface area contributed by atoms with E-state index in [1.165, 1.54) is 5.56 Å². The zero-order chi connectivity index (χ0) is 24.2. The molecule has 0 saturated heterocycles. The second-order valence-corrected chi connectivity index (χ2v) is 8.49. The maximum absolute atomic E-state index is 13.4. The number of amides is 1. The van der Waals surface area contributed by atoms with E-state index in [1.807, 2.05) is 80.6 Å². The number of benzene rings is 3. The molecule has 1 aromatic heterocycles. The number of carbonyl (C=O) groups excluding carboxylic acids is 1. The van der Waals surface area contributed by atoms with Crippen LogP contribution in [-0.4, -0.2) is 32.7 Å². The number of aryl methyl sites for hydroxylation is 1. The summed E-state index contributed by atoms with van der Waals surface area (Å²) in [5.74, 6) is 1.04. The SMILES string of the molecule is CC1=C(C(=O)Nc2ccc(C)cc2)C(c2ccc(OCCc3ccccc3)cc2)n2nnnc2N1. The summed E-state index contributed by atoms with van der Waals surface area (Å²) < 4.78 is 7.57. The van der Waals surface area contributed by atoms with Crippen LogP contribution in [0.15, 0.2) is 90.1 Å². The van der Waals surface area contributed by atoms with Gasteiger partial charge in [-0.2, -0.15) is 4.68 Å². The van der Waals surface area contributed by atoms with Crippen LogP contribution >= 0.6 is 0 Å². The molecule has 0 aliphatic carbocycles. The van der Waals surface area contributed by atoms with Crippen molar-refractivity contribution in [1.82, 2.24) is 20.2 Å². The van der Waals surface area contributed by atoms with Crippen molar-refractivity contribution in [3.8, 4) is 5.75 Å². The Morgan fingerprint density at radius 1 is 1.00 bits per heavy atom. The minimum Gasteiger partial charge on any atom is -0.493 e. The molecule has 0 fully saturated rings. The molecule has 8 heteroatoms. The summed E-state index contributed by atoms with van der Waals surface area (Å²) in [5, 5.41) is 18.2. The molecule has 0 bridgehead atoms. The highest BCUT2D eigenvalue weighted by molar-refractivity contribution is 6.06. The van der Waals surface area contributed by atoms with Gasteiger partial charge in [-0.05, 0) is 59.7 Å². The van der Waals surface area contributed by atoms with E-state index in [2.05, 4.69) is 38.3 Å². The largest absolute Gasteiger partial charge is 0.493 e. The molecule has 4 aromatic rings. The lowest BCUT2D eigenvalue weighted by molar-refractivity contribution is -0.113. The molecular formula is C27H26N6O2. The molecule has 1 unspecified atom stereocenters. The minimum atomic E-state index is -0.481. The van der Waals surface area contributed by atoms with E-state index < -0.39 is 6.04 Å². The molecule has 1 aliphatic rings. The Labute approximate surface area is 203 Å². The fourth-order valence-electron chi connectivity index (χ4n) is 4.13. The topological polar surface area (TPSA) is 94.0 Å². The summed E-state index contributed by atoms with van der Waals surface area (Å²) in [5.41, 5.74) is 5.20. The van der Waals surface area contributed by atoms with E-state index in [0.29, 0.717) is 23.8 Å². The average Bonchev–Trinajstić information content (AvgIpc) is 3.34. The summed E-state index contributed by atoms with van der Waals surface area (Å²) >= 11 is 0. The normalized spacial score (nSPS) is 14.7. The van der Waals surface area contributed by atoms with Crippen LogP contribution in [0.1, 0.15) is 29.7 Å². The summed E-state index contributed by atoms with van der Waals surface area (Å²) in [6.07, 6.45) is 0.829. The molecule has 2 N–H and O–H groups in total. The maximum Gasteiger partial charge on any atom is 0.255 e. The lowest BCUT2D eigenvalue weighted by Crippen LogP contribution is -2.31. The van der Waals surface area contributed by atoms with Crippen LogP contribution in [0.5, 0.6) is 5.75 Å². The Hall–Kier alpha value is -4.46. The average molecular weight is 467 g/mol. The highest BCUT2D eigenvalue weighted by Crippen LogP contribution is 2.35. The van der Waals surface area contributed by atoms with E-state index >= 15 is 0 Å². The third-order valence-electron chi connectivity index (χ3n) is 5.97. The first kappa shape index (κ1) is 22.3. The molecule has 1 aliphatic heterocycles. The molecule has 8 nitrogen and oxygen atoms in total. The number of rotatable bonds is 7. The first-order chi connectivity index (χ1) is 17.1. The van der Waals surface area contributed by atoms with Crippen molar-refractivity contribution in [2.24, 2.45) is 0 Å². The quantitative estimate of drug-likeness (QED) is 0.416. The Kier molecular flexibility index (Phi) is 6.26. The maximum atomic E-state index is 13.4. The van der Waals surface area contributed by atoms with Gasteiger partial charge in [0, 0.05) is 17.8 Å². The molecule has 0 radical (unpaired) electrons. The monoisotopic (exact) mass is 466 g/mol.